The summed E-state index contributed by atoms with van der Waals surface area (Å²) in [6, 6.07) is 3.74. The molecule has 56 valence electrons. The lowest BCUT2D eigenvalue weighted by Gasteiger charge is -2.08. The van der Waals surface area contributed by atoms with Gasteiger partial charge in [0, 0.05) is 0 Å². The van der Waals surface area contributed by atoms with Crippen LogP contribution >= 0.6 is 38.9 Å². The van der Waals surface area contributed by atoms with Crippen molar-refractivity contribution in [3.8, 4) is 0 Å². The average Bonchev–Trinajstić information content (AvgIpc) is 2.34. The Labute approximate surface area is 76.1 Å². The van der Waals surface area contributed by atoms with Crippen LogP contribution in [0.4, 0.5) is 5.00 Å². The van der Waals surface area contributed by atoms with Gasteiger partial charge in [-0.3, -0.25) is 5.21 Å². The van der Waals surface area contributed by atoms with Gasteiger partial charge in [-0.2, -0.15) is 0 Å². The van der Waals surface area contributed by atoms with Crippen LogP contribution < -0.4 is 5.06 Å². The van der Waals surface area contributed by atoms with Crippen LogP contribution in [0.5, 0.6) is 0 Å². The SMILES string of the molecule is ON(CCl)c1ccc(Br)s1. The Bertz CT molecular complexity index is 217. The molecule has 0 bridgehead atoms. The van der Waals surface area contributed by atoms with Gasteiger partial charge in [0.2, 0.25) is 0 Å². The lowest BCUT2D eigenvalue weighted by atomic mass is 10.6. The number of hydrogen-bond donors (Lipinski definition) is 1. The molecule has 0 amide bonds. The van der Waals surface area contributed by atoms with E-state index in [2.05, 4.69) is 15.9 Å². The second-order valence-electron chi connectivity index (χ2n) is 1.60. The van der Waals surface area contributed by atoms with E-state index in [1.54, 1.807) is 6.07 Å². The molecule has 0 radical (unpaired) electrons. The second kappa shape index (κ2) is 3.57. The Morgan fingerprint density at radius 3 is 2.80 bits per heavy atom. The Balaban J connectivity index is 2.74. The predicted molar refractivity (Wildman–Crippen MR) is 47.0 cm³/mol. The summed E-state index contributed by atoms with van der Waals surface area (Å²) in [5.74, 6) is 0. The van der Waals surface area contributed by atoms with Gasteiger partial charge in [-0.05, 0) is 28.1 Å². The van der Waals surface area contributed by atoms with Gasteiger partial charge >= 0.3 is 0 Å². The minimum Gasteiger partial charge on any atom is -0.286 e. The van der Waals surface area contributed by atoms with E-state index in [-0.39, 0.29) is 6.00 Å². The fourth-order valence-corrected chi connectivity index (χ4v) is 1.97. The third-order valence-corrected chi connectivity index (χ3v) is 2.79. The summed E-state index contributed by atoms with van der Waals surface area (Å²) in [5.41, 5.74) is 0. The molecule has 0 atom stereocenters. The summed E-state index contributed by atoms with van der Waals surface area (Å²) < 4.78 is 0.978. The molecule has 1 N–H and O–H groups in total. The van der Waals surface area contributed by atoms with Crippen molar-refractivity contribution in [1.29, 1.82) is 0 Å². The van der Waals surface area contributed by atoms with Crippen LogP contribution in [0.2, 0.25) is 0 Å². The van der Waals surface area contributed by atoms with Gasteiger partial charge in [0.25, 0.3) is 0 Å². The van der Waals surface area contributed by atoms with Crippen LogP contribution in [-0.2, 0) is 0 Å². The number of alkyl halides is 1. The fraction of sp³-hybridized carbons (Fsp3) is 0.200. The summed E-state index contributed by atoms with van der Waals surface area (Å²) in [6.07, 6.45) is 0. The number of halogens is 2. The lowest BCUT2D eigenvalue weighted by Crippen LogP contribution is -2.13. The van der Waals surface area contributed by atoms with Gasteiger partial charge < -0.3 is 0 Å². The highest BCUT2D eigenvalue weighted by Crippen LogP contribution is 2.28. The molecule has 0 spiro atoms. The van der Waals surface area contributed by atoms with Crippen LogP contribution in [-0.4, -0.2) is 11.2 Å². The summed E-state index contributed by atoms with van der Waals surface area (Å²) in [5, 5.41) is 10.8. The van der Waals surface area contributed by atoms with E-state index in [0.29, 0.717) is 0 Å². The van der Waals surface area contributed by atoms with Gasteiger partial charge in [0.15, 0.2) is 0 Å². The molecule has 0 aliphatic rings. The Morgan fingerprint density at radius 2 is 2.40 bits per heavy atom. The Morgan fingerprint density at radius 1 is 1.70 bits per heavy atom. The van der Waals surface area contributed by atoms with Gasteiger partial charge in [0.1, 0.15) is 11.0 Å². The third kappa shape index (κ3) is 1.85. The molecule has 0 fully saturated rings. The molecule has 0 aromatic carbocycles. The zero-order valence-corrected chi connectivity index (χ0v) is 8.08. The fourth-order valence-electron chi connectivity index (χ4n) is 0.502. The van der Waals surface area contributed by atoms with E-state index in [4.69, 9.17) is 16.8 Å². The molecule has 0 aliphatic carbocycles. The van der Waals surface area contributed by atoms with Crippen molar-refractivity contribution >= 4 is 43.9 Å². The highest BCUT2D eigenvalue weighted by molar-refractivity contribution is 9.11. The van der Waals surface area contributed by atoms with Crippen LogP contribution in [0.3, 0.4) is 0 Å². The molecule has 0 aliphatic heterocycles. The second-order valence-corrected chi connectivity index (χ2v) is 4.28. The molecular formula is C5H5BrClNOS. The first-order valence-corrected chi connectivity index (χ1v) is 4.66. The average molecular weight is 243 g/mol. The Kier molecular flexibility index (Phi) is 2.97. The number of rotatable bonds is 2. The minimum atomic E-state index is 0.0902. The van der Waals surface area contributed by atoms with Gasteiger partial charge in [-0.25, -0.2) is 5.06 Å². The van der Waals surface area contributed by atoms with Crippen molar-refractivity contribution in [2.75, 3.05) is 11.1 Å². The maximum Gasteiger partial charge on any atom is 0.120 e. The molecule has 0 saturated heterocycles. The molecule has 1 aromatic heterocycles. The molecule has 1 rings (SSSR count). The molecule has 0 saturated carbocycles. The van der Waals surface area contributed by atoms with E-state index in [9.17, 15) is 0 Å². The van der Waals surface area contributed by atoms with Crippen molar-refractivity contribution in [2.24, 2.45) is 0 Å². The topological polar surface area (TPSA) is 23.5 Å². The van der Waals surface area contributed by atoms with E-state index in [0.717, 1.165) is 13.9 Å². The van der Waals surface area contributed by atoms with Crippen LogP contribution in [0, 0.1) is 0 Å². The van der Waals surface area contributed by atoms with E-state index in [1.807, 2.05) is 6.07 Å². The molecule has 1 aromatic rings. The zero-order chi connectivity index (χ0) is 7.56. The number of hydroxylamine groups is 1. The van der Waals surface area contributed by atoms with E-state index in [1.165, 1.54) is 11.3 Å². The first-order chi connectivity index (χ1) is 4.74. The van der Waals surface area contributed by atoms with Gasteiger partial charge in [-0.15, -0.1) is 22.9 Å². The zero-order valence-electron chi connectivity index (χ0n) is 4.92. The van der Waals surface area contributed by atoms with Crippen LogP contribution in [0.15, 0.2) is 15.9 Å². The molecule has 1 heterocycles. The lowest BCUT2D eigenvalue weighted by molar-refractivity contribution is 0.275. The minimum absolute atomic E-state index is 0.0902. The van der Waals surface area contributed by atoms with Crippen molar-refractivity contribution in [2.45, 2.75) is 0 Å². The van der Waals surface area contributed by atoms with Crippen LogP contribution in [0.25, 0.3) is 0 Å². The predicted octanol–water partition coefficient (Wildman–Crippen LogP) is 2.90. The third-order valence-electron chi connectivity index (χ3n) is 0.927. The van der Waals surface area contributed by atoms with Crippen molar-refractivity contribution in [3.05, 3.63) is 15.9 Å². The largest absolute Gasteiger partial charge is 0.286 e. The smallest absolute Gasteiger partial charge is 0.120 e. The highest BCUT2D eigenvalue weighted by Gasteiger charge is 2.02. The number of anilines is 1. The first kappa shape index (κ1) is 8.33. The maximum atomic E-state index is 9.03. The number of hydrogen-bond acceptors (Lipinski definition) is 3. The van der Waals surface area contributed by atoms with E-state index >= 15 is 0 Å². The van der Waals surface area contributed by atoms with Crippen molar-refractivity contribution < 1.29 is 5.21 Å². The van der Waals surface area contributed by atoms with E-state index < -0.39 is 0 Å². The van der Waals surface area contributed by atoms with Gasteiger partial charge in [-0.1, -0.05) is 0 Å². The molecule has 5 heteroatoms. The van der Waals surface area contributed by atoms with Crippen molar-refractivity contribution in [1.82, 2.24) is 0 Å². The standard InChI is InChI=1S/C5H5BrClNOS/c6-4-1-2-5(10-4)8(9)3-7/h1-2,9H,3H2. The Hall–Kier alpha value is 0.230. The molecule has 2 nitrogen and oxygen atoms in total. The summed E-state index contributed by atoms with van der Waals surface area (Å²) in [6.45, 7) is 0. The molecule has 10 heavy (non-hydrogen) atoms. The van der Waals surface area contributed by atoms with Crippen LogP contribution in [0.1, 0.15) is 0 Å². The highest BCUT2D eigenvalue weighted by atomic mass is 79.9. The first-order valence-electron chi connectivity index (χ1n) is 2.52. The molecule has 0 unspecified atom stereocenters. The monoisotopic (exact) mass is 241 g/mol. The molecular weight excluding hydrogens is 237 g/mol. The van der Waals surface area contributed by atoms with Crippen molar-refractivity contribution in [3.63, 3.8) is 0 Å². The normalized spacial score (nSPS) is 9.90. The van der Waals surface area contributed by atoms with Gasteiger partial charge in [0.05, 0.1) is 3.79 Å². The number of thiophene rings is 1. The number of nitrogens with zero attached hydrogens (tertiary/aromatic N) is 1. The summed E-state index contributed by atoms with van der Waals surface area (Å²) in [7, 11) is 0. The maximum absolute atomic E-state index is 9.03. The summed E-state index contributed by atoms with van der Waals surface area (Å²) >= 11 is 10.1. The summed E-state index contributed by atoms with van der Waals surface area (Å²) in [4.78, 5) is 0. The quantitative estimate of drug-likeness (QED) is 0.490.